The standard InChI is InChI=1S/C45H71N5O10/c1-14-26(4)37-43(56)49(12)32(10)45(58)59-38(27(5)15-2)30(8)35(51)23-22-29(7)44(57)60-39(28(6)16-3)40(53)46-31(9)41(54)50(13)34(24-33-20-18-17-19-21-33)42(55)48(11)25-36(52)47-37/h17-22,26-28,30-32,34-35,37-39,51H,14-16,23-25H2,1-13H3,(H,46,53)(H,47,52)/t26-,27-,28+,30+,31+,32+,34-,35+,37+,38-,39-/m1/s1. The Morgan fingerprint density at radius 3 is 1.92 bits per heavy atom. The lowest BCUT2D eigenvalue weighted by molar-refractivity contribution is -0.166. The Morgan fingerprint density at radius 2 is 1.35 bits per heavy atom. The lowest BCUT2D eigenvalue weighted by Gasteiger charge is -2.35. The molecule has 15 nitrogen and oxygen atoms in total. The third kappa shape index (κ3) is 13.9. The third-order valence-corrected chi connectivity index (χ3v) is 12.1. The predicted octanol–water partition coefficient (Wildman–Crippen LogP) is 3.66. The van der Waals surface area contributed by atoms with E-state index in [0.29, 0.717) is 19.3 Å². The van der Waals surface area contributed by atoms with Crippen molar-refractivity contribution in [1.29, 1.82) is 0 Å². The molecule has 1 aliphatic heterocycles. The van der Waals surface area contributed by atoms with Gasteiger partial charge in [-0.25, -0.2) is 9.59 Å². The van der Waals surface area contributed by atoms with Crippen LogP contribution in [0, 0.1) is 23.7 Å². The average molecular weight is 842 g/mol. The molecular weight excluding hydrogens is 771 g/mol. The Morgan fingerprint density at radius 1 is 0.767 bits per heavy atom. The summed E-state index contributed by atoms with van der Waals surface area (Å²) in [6.07, 6.45) is 0.128. The lowest BCUT2D eigenvalue weighted by Crippen LogP contribution is -2.58. The first kappa shape index (κ1) is 51.4. The van der Waals surface area contributed by atoms with Crippen molar-refractivity contribution in [3.05, 3.63) is 47.5 Å². The molecule has 1 aromatic carbocycles. The molecule has 0 unspecified atom stereocenters. The largest absolute Gasteiger partial charge is 0.460 e. The number of carbonyl (C=O) groups excluding carboxylic acids is 7. The fraction of sp³-hybridized carbons (Fsp3) is 0.667. The third-order valence-electron chi connectivity index (χ3n) is 12.1. The van der Waals surface area contributed by atoms with Crippen molar-refractivity contribution in [2.45, 2.75) is 144 Å². The molecule has 11 atom stereocenters. The van der Waals surface area contributed by atoms with Crippen molar-refractivity contribution < 1.29 is 48.1 Å². The molecular formula is C45H71N5O10. The van der Waals surface area contributed by atoms with Gasteiger partial charge in [0.1, 0.15) is 30.3 Å². The minimum absolute atomic E-state index is 0.00688. The van der Waals surface area contributed by atoms with Gasteiger partial charge in [0.2, 0.25) is 23.6 Å². The lowest BCUT2D eigenvalue weighted by atomic mass is 9.86. The molecule has 3 N–H and O–H groups in total. The van der Waals surface area contributed by atoms with Gasteiger partial charge in [-0.2, -0.15) is 0 Å². The van der Waals surface area contributed by atoms with E-state index >= 15 is 0 Å². The first-order valence-electron chi connectivity index (χ1n) is 21.3. The Hall–Kier alpha value is -4.79. The van der Waals surface area contributed by atoms with Gasteiger partial charge in [0, 0.05) is 45.0 Å². The second-order valence-electron chi connectivity index (χ2n) is 16.7. The van der Waals surface area contributed by atoms with E-state index in [4.69, 9.17) is 9.47 Å². The van der Waals surface area contributed by atoms with E-state index in [9.17, 15) is 38.7 Å². The van der Waals surface area contributed by atoms with Gasteiger partial charge in [0.15, 0.2) is 6.10 Å². The van der Waals surface area contributed by atoms with Gasteiger partial charge in [-0.05, 0) is 51.0 Å². The summed E-state index contributed by atoms with van der Waals surface area (Å²) in [6, 6.07) is 4.67. The molecule has 1 heterocycles. The Labute approximate surface area is 356 Å². The van der Waals surface area contributed by atoms with Crippen LogP contribution >= 0.6 is 0 Å². The summed E-state index contributed by atoms with van der Waals surface area (Å²) in [5.74, 6) is -6.06. The van der Waals surface area contributed by atoms with Gasteiger partial charge < -0.3 is 39.9 Å². The molecule has 2 rings (SSSR count). The maximum absolute atomic E-state index is 14.2. The van der Waals surface area contributed by atoms with Crippen molar-refractivity contribution in [2.75, 3.05) is 27.7 Å². The summed E-state index contributed by atoms with van der Waals surface area (Å²) in [7, 11) is 4.33. The highest BCUT2D eigenvalue weighted by Crippen LogP contribution is 2.26. The Kier molecular flexibility index (Phi) is 20.4. The van der Waals surface area contributed by atoms with E-state index in [1.807, 2.05) is 45.9 Å². The molecule has 0 saturated carbocycles. The number of esters is 2. The summed E-state index contributed by atoms with van der Waals surface area (Å²) >= 11 is 0. The zero-order chi connectivity index (χ0) is 45.6. The number of hydrogen-bond acceptors (Lipinski definition) is 10. The predicted molar refractivity (Wildman–Crippen MR) is 228 cm³/mol. The molecule has 0 fully saturated rings. The second kappa shape index (κ2) is 23.9. The summed E-state index contributed by atoms with van der Waals surface area (Å²) in [5.41, 5.74) is 0.889. The van der Waals surface area contributed by atoms with Crippen LogP contribution in [-0.4, -0.2) is 131 Å². The van der Waals surface area contributed by atoms with Crippen LogP contribution in [0.15, 0.2) is 42.0 Å². The highest BCUT2D eigenvalue weighted by Gasteiger charge is 2.39. The fourth-order valence-corrected chi connectivity index (χ4v) is 6.93. The van der Waals surface area contributed by atoms with Gasteiger partial charge in [-0.15, -0.1) is 0 Å². The number of rotatable bonds is 8. The maximum atomic E-state index is 14.2. The first-order valence-corrected chi connectivity index (χ1v) is 21.3. The molecule has 0 aromatic heterocycles. The normalized spacial score (nSPS) is 28.5. The van der Waals surface area contributed by atoms with E-state index < -0.39 is 102 Å². The number of ether oxygens (including phenoxy) is 2. The molecule has 5 amide bonds. The number of aliphatic hydroxyl groups excluding tert-OH is 1. The van der Waals surface area contributed by atoms with Crippen LogP contribution in [0.25, 0.3) is 0 Å². The van der Waals surface area contributed by atoms with E-state index in [2.05, 4.69) is 10.6 Å². The van der Waals surface area contributed by atoms with E-state index in [1.165, 1.54) is 62.7 Å². The number of cyclic esters (lactones) is 2. The second-order valence-corrected chi connectivity index (χ2v) is 16.7. The maximum Gasteiger partial charge on any atom is 0.334 e. The minimum Gasteiger partial charge on any atom is -0.460 e. The van der Waals surface area contributed by atoms with Crippen LogP contribution in [0.4, 0.5) is 0 Å². The van der Waals surface area contributed by atoms with Crippen molar-refractivity contribution in [3.8, 4) is 0 Å². The van der Waals surface area contributed by atoms with E-state index in [-0.39, 0.29) is 30.3 Å². The molecule has 336 valence electrons. The first-order chi connectivity index (χ1) is 28.1. The van der Waals surface area contributed by atoms with Crippen LogP contribution in [0.5, 0.6) is 0 Å². The zero-order valence-corrected chi connectivity index (χ0v) is 38.0. The van der Waals surface area contributed by atoms with Crippen molar-refractivity contribution in [1.82, 2.24) is 25.3 Å². The summed E-state index contributed by atoms with van der Waals surface area (Å²) in [4.78, 5) is 100. The average Bonchev–Trinajstić information content (AvgIpc) is 3.24. The number of aliphatic hydroxyl groups is 1. The van der Waals surface area contributed by atoms with Gasteiger partial charge in [0.25, 0.3) is 5.91 Å². The summed E-state index contributed by atoms with van der Waals surface area (Å²) in [5, 5.41) is 16.8. The highest BCUT2D eigenvalue weighted by atomic mass is 16.6. The number of nitrogens with zero attached hydrogens (tertiary/aromatic N) is 3. The van der Waals surface area contributed by atoms with Crippen molar-refractivity contribution in [2.24, 2.45) is 23.7 Å². The number of amides is 5. The van der Waals surface area contributed by atoms with Gasteiger partial charge in [-0.1, -0.05) is 97.7 Å². The highest BCUT2D eigenvalue weighted by molar-refractivity contribution is 5.96. The number of nitrogens with one attached hydrogen (secondary N) is 2. The van der Waals surface area contributed by atoms with Gasteiger partial charge >= 0.3 is 11.9 Å². The van der Waals surface area contributed by atoms with E-state index in [1.54, 1.807) is 32.9 Å². The number of benzene rings is 1. The molecule has 0 radical (unpaired) electrons. The van der Waals surface area contributed by atoms with Crippen LogP contribution in [-0.2, 0) is 49.5 Å². The molecule has 0 saturated heterocycles. The molecule has 60 heavy (non-hydrogen) atoms. The zero-order valence-electron chi connectivity index (χ0n) is 38.0. The Bertz CT molecular complexity index is 1670. The van der Waals surface area contributed by atoms with Gasteiger partial charge in [0.05, 0.1) is 12.6 Å². The smallest absolute Gasteiger partial charge is 0.334 e. The number of likely N-dealkylation sites (N-methyl/N-ethyl adjacent to an activating group) is 3. The SMILES string of the molecule is CC[C@@H](C)[C@H]1OC(=O)[C@H](C)N(C)C(=O)[C@H]([C@H](C)CC)NC(=O)CN(C)C(=O)[C@@H](Cc2ccccc2)N(C)C(=O)[C@H](C)NC(=O)[C@@H]([C@@H](C)CC)OC(=O)C(C)=CC[C@H](O)[C@@H]1C. The quantitative estimate of drug-likeness (QED) is 0.326. The molecule has 15 heteroatoms. The minimum atomic E-state index is -1.26. The molecule has 1 aromatic rings. The molecule has 0 bridgehead atoms. The van der Waals surface area contributed by atoms with Crippen LogP contribution in [0.3, 0.4) is 0 Å². The summed E-state index contributed by atoms with van der Waals surface area (Å²) in [6.45, 7) is 16.9. The number of hydrogen-bond donors (Lipinski definition) is 3. The molecule has 1 aliphatic rings. The van der Waals surface area contributed by atoms with Crippen molar-refractivity contribution >= 4 is 41.5 Å². The van der Waals surface area contributed by atoms with Crippen LogP contribution in [0.1, 0.15) is 100 Å². The van der Waals surface area contributed by atoms with Crippen LogP contribution in [0.2, 0.25) is 0 Å². The van der Waals surface area contributed by atoms with Crippen LogP contribution < -0.4 is 10.6 Å². The van der Waals surface area contributed by atoms with Gasteiger partial charge in [-0.3, -0.25) is 24.0 Å². The number of carbonyl (C=O) groups is 7. The molecule has 0 spiro atoms. The topological polar surface area (TPSA) is 192 Å². The summed E-state index contributed by atoms with van der Waals surface area (Å²) < 4.78 is 11.8. The monoisotopic (exact) mass is 842 g/mol. The fourth-order valence-electron chi connectivity index (χ4n) is 6.93. The Balaban J connectivity index is 2.66. The van der Waals surface area contributed by atoms with E-state index in [0.717, 1.165) is 5.56 Å². The van der Waals surface area contributed by atoms with Crippen molar-refractivity contribution in [3.63, 3.8) is 0 Å². The molecule has 0 aliphatic carbocycles.